The van der Waals surface area contributed by atoms with Crippen molar-refractivity contribution in [1.82, 2.24) is 0 Å². The van der Waals surface area contributed by atoms with Gasteiger partial charge < -0.3 is 21.3 Å². The van der Waals surface area contributed by atoms with Crippen LogP contribution in [0.25, 0.3) is 0 Å². The average molecular weight is 316 g/mol. The van der Waals surface area contributed by atoms with Crippen molar-refractivity contribution in [3.8, 4) is 5.75 Å². The molecule has 1 rings (SSSR count). The van der Waals surface area contributed by atoms with Crippen molar-refractivity contribution in [3.05, 3.63) is 29.8 Å². The third-order valence-electron chi connectivity index (χ3n) is 2.43. The van der Waals surface area contributed by atoms with Crippen LogP contribution in [-0.2, 0) is 4.79 Å². The molecule has 0 amide bonds. The third kappa shape index (κ3) is 6.04. The van der Waals surface area contributed by atoms with Gasteiger partial charge in [0.25, 0.3) is 0 Å². The molecule has 0 saturated heterocycles. The molecular weight excluding hydrogens is 296 g/mol. The second-order valence-corrected chi connectivity index (χ2v) is 6.68. The Morgan fingerprint density at radius 3 is 2.70 bits per heavy atom. The highest BCUT2D eigenvalue weighted by atomic mass is 33.1. The van der Waals surface area contributed by atoms with Gasteiger partial charge in [0, 0.05) is 23.1 Å². The van der Waals surface area contributed by atoms with E-state index < -0.39 is 5.97 Å². The molecule has 1 unspecified atom stereocenters. The average Bonchev–Trinajstić information content (AvgIpc) is 2.45. The number of rotatable bonds is 10. The molecule has 5 nitrogen and oxygen atoms in total. The summed E-state index contributed by atoms with van der Waals surface area (Å²) in [5.74, 6) is 0.485. The van der Waals surface area contributed by atoms with E-state index >= 15 is 0 Å². The fourth-order valence-corrected chi connectivity index (χ4v) is 4.16. The Morgan fingerprint density at radius 2 is 2.05 bits per heavy atom. The van der Waals surface area contributed by atoms with E-state index in [1.54, 1.807) is 27.7 Å². The molecule has 20 heavy (non-hydrogen) atoms. The molecule has 0 heterocycles. The monoisotopic (exact) mass is 316 g/mol. The maximum absolute atomic E-state index is 10.6. The van der Waals surface area contributed by atoms with Gasteiger partial charge >= 0.3 is 5.97 Å². The number of aliphatic carboxylic acids is 1. The van der Waals surface area contributed by atoms with Gasteiger partial charge in [0.05, 0.1) is 0 Å². The Bertz CT molecular complexity index is 418. The first-order valence-corrected chi connectivity index (χ1v) is 8.69. The van der Waals surface area contributed by atoms with Crippen LogP contribution in [0.3, 0.4) is 0 Å². The van der Waals surface area contributed by atoms with Crippen LogP contribution in [0.1, 0.15) is 17.2 Å². The topological polar surface area (TPSA) is 98.6 Å². The highest BCUT2D eigenvalue weighted by Crippen LogP contribution is 2.43. The van der Waals surface area contributed by atoms with Crippen molar-refractivity contribution >= 4 is 27.6 Å². The van der Waals surface area contributed by atoms with E-state index in [1.807, 2.05) is 18.2 Å². The SMILES string of the molecule is NCCSSC(CCN)c1ccccc1OCC(=O)O. The summed E-state index contributed by atoms with van der Waals surface area (Å²) < 4.78 is 5.34. The number of carboxylic acid groups (broad SMARTS) is 1. The lowest BCUT2D eigenvalue weighted by Crippen LogP contribution is -2.12. The van der Waals surface area contributed by atoms with Gasteiger partial charge in [0.1, 0.15) is 5.75 Å². The highest BCUT2D eigenvalue weighted by Gasteiger charge is 2.17. The number of hydrogen-bond donors (Lipinski definition) is 3. The van der Waals surface area contributed by atoms with E-state index in [0.717, 1.165) is 17.7 Å². The minimum absolute atomic E-state index is 0.168. The fraction of sp³-hybridized carbons (Fsp3) is 0.462. The number of carbonyl (C=O) groups is 1. The van der Waals surface area contributed by atoms with Crippen LogP contribution < -0.4 is 16.2 Å². The molecular formula is C13H20N2O3S2. The van der Waals surface area contributed by atoms with Crippen molar-refractivity contribution < 1.29 is 14.6 Å². The summed E-state index contributed by atoms with van der Waals surface area (Å²) in [6.45, 7) is 0.852. The first kappa shape index (κ1) is 17.2. The van der Waals surface area contributed by atoms with Gasteiger partial charge in [-0.05, 0) is 19.0 Å². The third-order valence-corrected chi connectivity index (χ3v) is 5.30. The number of ether oxygens (including phenoxy) is 1. The van der Waals surface area contributed by atoms with Gasteiger partial charge in [-0.15, -0.1) is 0 Å². The highest BCUT2D eigenvalue weighted by molar-refractivity contribution is 8.76. The molecule has 0 radical (unpaired) electrons. The molecule has 0 saturated carbocycles. The molecule has 0 spiro atoms. The van der Waals surface area contributed by atoms with Gasteiger partial charge in [-0.2, -0.15) is 0 Å². The summed E-state index contributed by atoms with van der Waals surface area (Å²) in [6, 6.07) is 7.49. The molecule has 1 atom stereocenters. The molecule has 1 aromatic carbocycles. The summed E-state index contributed by atoms with van der Waals surface area (Å²) in [4.78, 5) is 10.6. The minimum atomic E-state index is -0.986. The summed E-state index contributed by atoms with van der Waals surface area (Å²) >= 11 is 0. The smallest absolute Gasteiger partial charge is 0.341 e. The molecule has 0 aliphatic carbocycles. The molecule has 5 N–H and O–H groups in total. The first-order chi connectivity index (χ1) is 9.69. The van der Waals surface area contributed by atoms with E-state index in [4.69, 9.17) is 21.3 Å². The molecule has 0 aliphatic heterocycles. The van der Waals surface area contributed by atoms with Crippen LogP contribution >= 0.6 is 21.6 Å². The van der Waals surface area contributed by atoms with Crippen molar-refractivity contribution in [2.24, 2.45) is 11.5 Å². The number of hydrogen-bond acceptors (Lipinski definition) is 6. The van der Waals surface area contributed by atoms with E-state index in [9.17, 15) is 4.79 Å². The lowest BCUT2D eigenvalue weighted by Gasteiger charge is -2.18. The standard InChI is InChI=1S/C13H20N2O3S2/c14-6-5-12(20-19-8-7-15)10-3-1-2-4-11(10)18-9-13(16)17/h1-4,12H,5-9,14-15H2,(H,16,17). The lowest BCUT2D eigenvalue weighted by atomic mass is 10.1. The first-order valence-electron chi connectivity index (χ1n) is 6.31. The molecule has 112 valence electrons. The van der Waals surface area contributed by atoms with Crippen LogP contribution in [0, 0.1) is 0 Å². The number of carboxylic acids is 1. The van der Waals surface area contributed by atoms with Crippen molar-refractivity contribution in [1.29, 1.82) is 0 Å². The molecule has 0 aliphatic rings. The summed E-state index contributed by atoms with van der Waals surface area (Å²) in [6.07, 6.45) is 0.801. The lowest BCUT2D eigenvalue weighted by molar-refractivity contribution is -0.139. The van der Waals surface area contributed by atoms with Gasteiger partial charge in [0.15, 0.2) is 6.61 Å². The van der Waals surface area contributed by atoms with Gasteiger partial charge in [-0.25, -0.2) is 4.79 Å². The molecule has 1 aromatic rings. The van der Waals surface area contributed by atoms with Crippen molar-refractivity contribution in [3.63, 3.8) is 0 Å². The maximum atomic E-state index is 10.6. The van der Waals surface area contributed by atoms with E-state index in [0.29, 0.717) is 18.8 Å². The fourth-order valence-electron chi connectivity index (χ4n) is 1.60. The quantitative estimate of drug-likeness (QED) is 0.448. The van der Waals surface area contributed by atoms with Crippen LogP contribution in [0.4, 0.5) is 0 Å². The largest absolute Gasteiger partial charge is 0.482 e. The Morgan fingerprint density at radius 1 is 1.30 bits per heavy atom. The Hall–Kier alpha value is -0.890. The second-order valence-electron chi connectivity index (χ2n) is 3.99. The normalized spacial score (nSPS) is 12.1. The molecule has 0 aromatic heterocycles. The molecule has 0 fully saturated rings. The predicted octanol–water partition coefficient (Wildman–Crippen LogP) is 1.88. The molecule has 7 heteroatoms. The van der Waals surface area contributed by atoms with Crippen LogP contribution in [0.15, 0.2) is 24.3 Å². The predicted molar refractivity (Wildman–Crippen MR) is 85.1 cm³/mol. The zero-order valence-corrected chi connectivity index (χ0v) is 12.8. The summed E-state index contributed by atoms with van der Waals surface area (Å²) in [5, 5.41) is 8.88. The van der Waals surface area contributed by atoms with Crippen molar-refractivity contribution in [2.75, 3.05) is 25.4 Å². The van der Waals surface area contributed by atoms with Gasteiger partial charge in [0.2, 0.25) is 0 Å². The number of para-hydroxylation sites is 1. The summed E-state index contributed by atoms with van der Waals surface area (Å²) in [7, 11) is 3.39. The van der Waals surface area contributed by atoms with Crippen molar-refractivity contribution in [2.45, 2.75) is 11.7 Å². The van der Waals surface area contributed by atoms with E-state index in [2.05, 4.69) is 0 Å². The van der Waals surface area contributed by atoms with Crippen LogP contribution in [0.2, 0.25) is 0 Å². The van der Waals surface area contributed by atoms with Crippen LogP contribution in [-0.4, -0.2) is 36.5 Å². The number of benzene rings is 1. The van der Waals surface area contributed by atoms with E-state index in [1.165, 1.54) is 0 Å². The second kappa shape index (κ2) is 9.93. The van der Waals surface area contributed by atoms with Gasteiger partial charge in [-0.1, -0.05) is 39.8 Å². The Balaban J connectivity index is 2.79. The number of nitrogens with two attached hydrogens (primary N) is 2. The van der Waals surface area contributed by atoms with E-state index in [-0.39, 0.29) is 11.9 Å². The molecule has 0 bridgehead atoms. The summed E-state index contributed by atoms with van der Waals surface area (Å²) in [5.41, 5.74) is 12.1. The Labute approximate surface area is 126 Å². The zero-order chi connectivity index (χ0) is 14.8. The zero-order valence-electron chi connectivity index (χ0n) is 11.2. The minimum Gasteiger partial charge on any atom is -0.482 e. The van der Waals surface area contributed by atoms with Crippen LogP contribution in [0.5, 0.6) is 5.75 Å². The van der Waals surface area contributed by atoms with Gasteiger partial charge in [-0.3, -0.25) is 0 Å². The maximum Gasteiger partial charge on any atom is 0.341 e. The Kier molecular flexibility index (Phi) is 8.52.